The van der Waals surface area contributed by atoms with Gasteiger partial charge in [0.25, 0.3) is 0 Å². The highest BCUT2D eigenvalue weighted by Gasteiger charge is 2.21. The lowest BCUT2D eigenvalue weighted by Crippen LogP contribution is -2.44. The van der Waals surface area contributed by atoms with Gasteiger partial charge in [-0.2, -0.15) is 0 Å². The molecule has 0 amide bonds. The van der Waals surface area contributed by atoms with Gasteiger partial charge in [0.05, 0.1) is 0 Å². The minimum absolute atomic E-state index is 0. The number of nitrogens with one attached hydrogen (secondary N) is 1. The molecule has 1 aromatic rings. The molecule has 0 spiro atoms. The lowest BCUT2D eigenvalue weighted by atomic mass is 9.85. The highest BCUT2D eigenvalue weighted by molar-refractivity contribution is 5.85. The lowest BCUT2D eigenvalue weighted by Gasteiger charge is -2.34. The first-order valence-electron chi connectivity index (χ1n) is 6.14. The van der Waals surface area contributed by atoms with Crippen LogP contribution in [0.3, 0.4) is 0 Å². The average molecular weight is 291 g/mol. The van der Waals surface area contributed by atoms with E-state index in [1.54, 1.807) is 0 Å². The van der Waals surface area contributed by atoms with Crippen molar-refractivity contribution in [3.63, 3.8) is 0 Å². The Balaban J connectivity index is 0.00000144. The lowest BCUT2D eigenvalue weighted by molar-refractivity contribution is 0.563. The fourth-order valence-corrected chi connectivity index (χ4v) is 2.29. The summed E-state index contributed by atoms with van der Waals surface area (Å²) in [7, 11) is 0. The normalized spacial score (nSPS) is 15.6. The molecule has 2 rings (SSSR count). The largest absolute Gasteiger partial charge is 0.369 e. The summed E-state index contributed by atoms with van der Waals surface area (Å²) < 4.78 is 0. The van der Waals surface area contributed by atoms with E-state index >= 15 is 0 Å². The van der Waals surface area contributed by atoms with Crippen LogP contribution in [-0.2, 0) is 5.41 Å². The summed E-state index contributed by atoms with van der Waals surface area (Å²) in [6.45, 7) is 11.3. The second kappa shape index (κ2) is 7.22. The highest BCUT2D eigenvalue weighted by Crippen LogP contribution is 2.31. The average Bonchev–Trinajstić information content (AvgIpc) is 2.29. The van der Waals surface area contributed by atoms with Crippen LogP contribution in [0.2, 0.25) is 0 Å². The third-order valence-electron chi connectivity index (χ3n) is 3.17. The van der Waals surface area contributed by atoms with Crippen LogP contribution in [0.1, 0.15) is 26.3 Å². The standard InChI is InChI=1S/C14H22N2.2ClH/c1-14(2,3)12-6-4-5-7-13(12)16-10-8-15-9-11-16;;/h4-7,15H,8-11H2,1-3H3;2*1H. The Labute approximate surface area is 123 Å². The van der Waals surface area contributed by atoms with Crippen molar-refractivity contribution in [2.24, 2.45) is 0 Å². The number of anilines is 1. The number of halogens is 2. The van der Waals surface area contributed by atoms with Gasteiger partial charge in [0.2, 0.25) is 0 Å². The molecule has 18 heavy (non-hydrogen) atoms. The van der Waals surface area contributed by atoms with Crippen LogP contribution in [-0.4, -0.2) is 26.2 Å². The molecule has 104 valence electrons. The van der Waals surface area contributed by atoms with E-state index in [1.165, 1.54) is 11.3 Å². The van der Waals surface area contributed by atoms with Gasteiger partial charge in [-0.25, -0.2) is 0 Å². The number of nitrogens with zero attached hydrogens (tertiary/aromatic N) is 1. The number of hydrogen-bond donors (Lipinski definition) is 1. The molecule has 0 bridgehead atoms. The van der Waals surface area contributed by atoms with Crippen molar-refractivity contribution in [3.05, 3.63) is 29.8 Å². The summed E-state index contributed by atoms with van der Waals surface area (Å²) in [6.07, 6.45) is 0. The Morgan fingerprint density at radius 2 is 1.56 bits per heavy atom. The Hall–Kier alpha value is -0.440. The summed E-state index contributed by atoms with van der Waals surface area (Å²) in [5, 5.41) is 3.40. The van der Waals surface area contributed by atoms with E-state index in [9.17, 15) is 0 Å². The first kappa shape index (κ1) is 17.6. The molecule has 0 aromatic heterocycles. The van der Waals surface area contributed by atoms with Gasteiger partial charge in [0.15, 0.2) is 0 Å². The molecule has 4 heteroatoms. The summed E-state index contributed by atoms with van der Waals surface area (Å²) in [6, 6.07) is 8.81. The molecule has 2 nitrogen and oxygen atoms in total. The van der Waals surface area contributed by atoms with Crippen LogP contribution in [0.15, 0.2) is 24.3 Å². The van der Waals surface area contributed by atoms with Crippen molar-refractivity contribution >= 4 is 30.5 Å². The van der Waals surface area contributed by atoms with Crippen LogP contribution >= 0.6 is 24.8 Å². The number of hydrogen-bond acceptors (Lipinski definition) is 2. The maximum absolute atomic E-state index is 3.40. The van der Waals surface area contributed by atoms with Crippen LogP contribution in [0.5, 0.6) is 0 Å². The second-order valence-electron chi connectivity index (χ2n) is 5.50. The third kappa shape index (κ3) is 4.04. The van der Waals surface area contributed by atoms with E-state index in [0.29, 0.717) is 0 Å². The molecule has 0 radical (unpaired) electrons. The van der Waals surface area contributed by atoms with Crippen molar-refractivity contribution in [2.75, 3.05) is 31.1 Å². The van der Waals surface area contributed by atoms with Crippen molar-refractivity contribution in [2.45, 2.75) is 26.2 Å². The van der Waals surface area contributed by atoms with Gasteiger partial charge in [-0.15, -0.1) is 24.8 Å². The van der Waals surface area contributed by atoms with Crippen LogP contribution in [0, 0.1) is 0 Å². The molecule has 0 atom stereocenters. The maximum Gasteiger partial charge on any atom is 0.0405 e. The van der Waals surface area contributed by atoms with Gasteiger partial charge in [-0.3, -0.25) is 0 Å². The Bertz CT molecular complexity index is 355. The topological polar surface area (TPSA) is 15.3 Å². The second-order valence-corrected chi connectivity index (χ2v) is 5.50. The minimum Gasteiger partial charge on any atom is -0.369 e. The van der Waals surface area contributed by atoms with Gasteiger partial charge in [-0.1, -0.05) is 39.0 Å². The molecule has 1 aliphatic rings. The number of para-hydroxylation sites is 1. The Morgan fingerprint density at radius 3 is 2.11 bits per heavy atom. The molecule has 1 N–H and O–H groups in total. The fraction of sp³-hybridized carbons (Fsp3) is 0.571. The Morgan fingerprint density at radius 1 is 1.00 bits per heavy atom. The molecule has 1 aliphatic heterocycles. The number of benzene rings is 1. The van der Waals surface area contributed by atoms with Crippen LogP contribution in [0.4, 0.5) is 5.69 Å². The molecule has 1 fully saturated rings. The van der Waals surface area contributed by atoms with E-state index in [0.717, 1.165) is 26.2 Å². The number of rotatable bonds is 1. The van der Waals surface area contributed by atoms with Gasteiger partial charge in [0.1, 0.15) is 0 Å². The van der Waals surface area contributed by atoms with Crippen molar-refractivity contribution in [1.29, 1.82) is 0 Å². The Kier molecular flexibility index (Phi) is 7.05. The molecule has 0 saturated carbocycles. The quantitative estimate of drug-likeness (QED) is 0.854. The van der Waals surface area contributed by atoms with Crippen molar-refractivity contribution < 1.29 is 0 Å². The van der Waals surface area contributed by atoms with E-state index in [2.05, 4.69) is 55.3 Å². The third-order valence-corrected chi connectivity index (χ3v) is 3.17. The smallest absolute Gasteiger partial charge is 0.0405 e. The maximum atomic E-state index is 3.40. The van der Waals surface area contributed by atoms with Crippen LogP contribution in [0.25, 0.3) is 0 Å². The van der Waals surface area contributed by atoms with Crippen LogP contribution < -0.4 is 10.2 Å². The molecule has 0 aliphatic carbocycles. The predicted octanol–water partition coefficient (Wildman–Crippen LogP) is 3.24. The zero-order valence-corrected chi connectivity index (χ0v) is 13.0. The SMILES string of the molecule is CC(C)(C)c1ccccc1N1CCNCC1.Cl.Cl. The van der Waals surface area contributed by atoms with Crippen molar-refractivity contribution in [3.8, 4) is 0 Å². The van der Waals surface area contributed by atoms with E-state index in [4.69, 9.17) is 0 Å². The van der Waals surface area contributed by atoms with Crippen molar-refractivity contribution in [1.82, 2.24) is 5.32 Å². The minimum atomic E-state index is 0. The van der Waals surface area contributed by atoms with E-state index in [1.807, 2.05) is 0 Å². The first-order valence-corrected chi connectivity index (χ1v) is 6.14. The van der Waals surface area contributed by atoms with E-state index < -0.39 is 0 Å². The van der Waals surface area contributed by atoms with Gasteiger partial charge in [0, 0.05) is 31.9 Å². The first-order chi connectivity index (χ1) is 7.59. The fourth-order valence-electron chi connectivity index (χ4n) is 2.29. The van der Waals surface area contributed by atoms with Gasteiger partial charge < -0.3 is 10.2 Å². The highest BCUT2D eigenvalue weighted by atomic mass is 35.5. The summed E-state index contributed by atoms with van der Waals surface area (Å²) in [5.41, 5.74) is 3.09. The summed E-state index contributed by atoms with van der Waals surface area (Å²) >= 11 is 0. The summed E-state index contributed by atoms with van der Waals surface area (Å²) in [5.74, 6) is 0. The molecular weight excluding hydrogens is 267 g/mol. The molecule has 1 aromatic carbocycles. The number of piperazine rings is 1. The predicted molar refractivity (Wildman–Crippen MR) is 84.7 cm³/mol. The molecular formula is C14H24Cl2N2. The van der Waals surface area contributed by atoms with Gasteiger partial charge in [-0.05, 0) is 17.0 Å². The van der Waals surface area contributed by atoms with Gasteiger partial charge >= 0.3 is 0 Å². The zero-order chi connectivity index (χ0) is 11.6. The summed E-state index contributed by atoms with van der Waals surface area (Å²) in [4.78, 5) is 2.50. The molecule has 1 heterocycles. The molecule has 1 saturated heterocycles. The monoisotopic (exact) mass is 290 g/mol. The van der Waals surface area contributed by atoms with E-state index in [-0.39, 0.29) is 30.2 Å². The molecule has 0 unspecified atom stereocenters. The zero-order valence-electron chi connectivity index (χ0n) is 11.4.